The van der Waals surface area contributed by atoms with Gasteiger partial charge in [-0.3, -0.25) is 0 Å². The maximum Gasteiger partial charge on any atom is 0.135 e. The lowest BCUT2D eigenvalue weighted by Gasteiger charge is -2.22. The number of nitrogens with zero attached hydrogens (tertiary/aromatic N) is 2. The molecule has 0 spiro atoms. The van der Waals surface area contributed by atoms with Crippen molar-refractivity contribution < 1.29 is 4.74 Å². The lowest BCUT2D eigenvalue weighted by molar-refractivity contribution is 0.0134. The average Bonchev–Trinajstić information content (AvgIpc) is 2.39. The molecule has 0 amide bonds. The Morgan fingerprint density at radius 2 is 2.26 bits per heavy atom. The van der Waals surface area contributed by atoms with Crippen molar-refractivity contribution in [2.75, 3.05) is 24.2 Å². The van der Waals surface area contributed by atoms with Crippen LogP contribution in [0, 0.1) is 0 Å². The van der Waals surface area contributed by atoms with E-state index in [9.17, 15) is 0 Å². The molecule has 2 rings (SSSR count). The predicted molar refractivity (Wildman–Crippen MR) is 77.2 cm³/mol. The summed E-state index contributed by atoms with van der Waals surface area (Å²) in [7, 11) is 0. The highest BCUT2D eigenvalue weighted by Gasteiger charge is 2.13. The highest BCUT2D eigenvalue weighted by atomic mass is 16.5. The topological polar surface area (TPSA) is 73.1 Å². The highest BCUT2D eigenvalue weighted by molar-refractivity contribution is 5.44. The van der Waals surface area contributed by atoms with E-state index >= 15 is 0 Å². The number of nitrogen functional groups attached to an aromatic ring is 1. The summed E-state index contributed by atoms with van der Waals surface area (Å²) in [6, 6.07) is 1.79. The molecule has 19 heavy (non-hydrogen) atoms. The number of hydrogen-bond acceptors (Lipinski definition) is 5. The minimum absolute atomic E-state index is 0.283. The molecular formula is C14H24N4O. The van der Waals surface area contributed by atoms with Crippen LogP contribution in [-0.2, 0) is 4.74 Å². The Bertz CT molecular complexity index is 402. The van der Waals surface area contributed by atoms with Crippen LogP contribution in [0.5, 0.6) is 0 Å². The van der Waals surface area contributed by atoms with Gasteiger partial charge in [0.25, 0.3) is 0 Å². The summed E-state index contributed by atoms with van der Waals surface area (Å²) in [4.78, 5) is 8.71. The molecule has 1 aromatic heterocycles. The number of ether oxygens (including phenoxy) is 1. The minimum atomic E-state index is 0.283. The van der Waals surface area contributed by atoms with E-state index in [4.69, 9.17) is 10.5 Å². The number of anilines is 2. The van der Waals surface area contributed by atoms with Gasteiger partial charge in [0.1, 0.15) is 17.5 Å². The molecule has 1 fully saturated rings. The summed E-state index contributed by atoms with van der Waals surface area (Å²) in [6.07, 6.45) is 5.06. The fraction of sp³-hybridized carbons (Fsp3) is 0.714. The second kappa shape index (κ2) is 6.70. The zero-order valence-corrected chi connectivity index (χ0v) is 11.9. The van der Waals surface area contributed by atoms with Crippen molar-refractivity contribution in [3.63, 3.8) is 0 Å². The van der Waals surface area contributed by atoms with Crippen molar-refractivity contribution in [3.8, 4) is 0 Å². The molecule has 1 unspecified atom stereocenters. The molecule has 2 heterocycles. The third-order valence-electron chi connectivity index (χ3n) is 3.33. The molecular weight excluding hydrogens is 240 g/mol. The van der Waals surface area contributed by atoms with Gasteiger partial charge in [-0.2, -0.15) is 0 Å². The lowest BCUT2D eigenvalue weighted by atomic mass is 10.1. The molecule has 0 aliphatic carbocycles. The SMILES string of the molecule is CC(C)c1nc(N)cc(NCCC2CCCCO2)n1. The zero-order valence-electron chi connectivity index (χ0n) is 11.9. The molecule has 5 heteroatoms. The molecule has 1 saturated heterocycles. The summed E-state index contributed by atoms with van der Waals surface area (Å²) in [6.45, 7) is 5.89. The van der Waals surface area contributed by atoms with Crippen molar-refractivity contribution in [3.05, 3.63) is 11.9 Å². The Morgan fingerprint density at radius 3 is 2.95 bits per heavy atom. The van der Waals surface area contributed by atoms with Crippen LogP contribution in [0.25, 0.3) is 0 Å². The van der Waals surface area contributed by atoms with Crippen LogP contribution >= 0.6 is 0 Å². The molecule has 0 aromatic carbocycles. The third kappa shape index (κ3) is 4.35. The molecule has 1 aliphatic heterocycles. The van der Waals surface area contributed by atoms with Gasteiger partial charge in [0.15, 0.2) is 0 Å². The van der Waals surface area contributed by atoms with Gasteiger partial charge in [-0.05, 0) is 25.7 Å². The normalized spacial score (nSPS) is 19.6. The molecule has 1 aromatic rings. The van der Waals surface area contributed by atoms with E-state index in [1.54, 1.807) is 6.07 Å². The van der Waals surface area contributed by atoms with E-state index in [1.807, 2.05) is 0 Å². The van der Waals surface area contributed by atoms with E-state index in [0.717, 1.165) is 31.2 Å². The summed E-state index contributed by atoms with van der Waals surface area (Å²) in [5, 5.41) is 3.32. The van der Waals surface area contributed by atoms with Gasteiger partial charge in [0, 0.05) is 25.1 Å². The Labute approximate surface area is 115 Å². The maximum atomic E-state index is 5.80. The Kier molecular flexibility index (Phi) is 4.96. The fourth-order valence-electron chi connectivity index (χ4n) is 2.23. The van der Waals surface area contributed by atoms with Crippen LogP contribution < -0.4 is 11.1 Å². The molecule has 0 saturated carbocycles. The van der Waals surface area contributed by atoms with E-state index in [-0.39, 0.29) is 5.92 Å². The van der Waals surface area contributed by atoms with Crippen molar-refractivity contribution in [1.29, 1.82) is 0 Å². The lowest BCUT2D eigenvalue weighted by Crippen LogP contribution is -2.22. The van der Waals surface area contributed by atoms with Crippen molar-refractivity contribution in [2.45, 2.75) is 51.6 Å². The maximum absolute atomic E-state index is 5.80. The van der Waals surface area contributed by atoms with Crippen molar-refractivity contribution in [2.24, 2.45) is 0 Å². The van der Waals surface area contributed by atoms with Gasteiger partial charge in [-0.15, -0.1) is 0 Å². The second-order valence-corrected chi connectivity index (χ2v) is 5.39. The first-order valence-electron chi connectivity index (χ1n) is 7.15. The summed E-state index contributed by atoms with van der Waals surface area (Å²) in [5.41, 5.74) is 5.80. The summed E-state index contributed by atoms with van der Waals surface area (Å²) in [5.74, 6) is 2.41. The van der Waals surface area contributed by atoms with E-state index in [1.165, 1.54) is 19.3 Å². The van der Waals surface area contributed by atoms with E-state index < -0.39 is 0 Å². The van der Waals surface area contributed by atoms with Crippen LogP contribution in [-0.4, -0.2) is 29.2 Å². The number of aromatic nitrogens is 2. The summed E-state index contributed by atoms with van der Waals surface area (Å²) < 4.78 is 5.70. The molecule has 0 bridgehead atoms. The van der Waals surface area contributed by atoms with Gasteiger partial charge >= 0.3 is 0 Å². The average molecular weight is 264 g/mol. The first-order chi connectivity index (χ1) is 9.15. The Morgan fingerprint density at radius 1 is 1.42 bits per heavy atom. The van der Waals surface area contributed by atoms with E-state index in [0.29, 0.717) is 11.9 Å². The predicted octanol–water partition coefficient (Wildman–Crippen LogP) is 2.55. The first-order valence-corrected chi connectivity index (χ1v) is 7.15. The van der Waals surface area contributed by atoms with Gasteiger partial charge in [-0.1, -0.05) is 13.8 Å². The Balaban J connectivity index is 1.84. The second-order valence-electron chi connectivity index (χ2n) is 5.39. The third-order valence-corrected chi connectivity index (χ3v) is 3.33. The van der Waals surface area contributed by atoms with Gasteiger partial charge in [0.05, 0.1) is 6.10 Å². The fourth-order valence-corrected chi connectivity index (χ4v) is 2.23. The van der Waals surface area contributed by atoms with Crippen LogP contribution in [0.3, 0.4) is 0 Å². The van der Waals surface area contributed by atoms with E-state index in [2.05, 4.69) is 29.1 Å². The highest BCUT2D eigenvalue weighted by Crippen LogP contribution is 2.17. The van der Waals surface area contributed by atoms with Gasteiger partial charge in [-0.25, -0.2) is 9.97 Å². The molecule has 0 radical (unpaired) electrons. The number of nitrogens with one attached hydrogen (secondary N) is 1. The van der Waals surface area contributed by atoms with Crippen LogP contribution in [0.1, 0.15) is 51.3 Å². The van der Waals surface area contributed by atoms with Gasteiger partial charge in [0.2, 0.25) is 0 Å². The largest absolute Gasteiger partial charge is 0.384 e. The number of hydrogen-bond donors (Lipinski definition) is 2. The molecule has 3 N–H and O–H groups in total. The van der Waals surface area contributed by atoms with Crippen molar-refractivity contribution >= 4 is 11.6 Å². The van der Waals surface area contributed by atoms with Crippen molar-refractivity contribution in [1.82, 2.24) is 9.97 Å². The van der Waals surface area contributed by atoms with Crippen LogP contribution in [0.2, 0.25) is 0 Å². The number of nitrogens with two attached hydrogens (primary N) is 1. The molecule has 5 nitrogen and oxygen atoms in total. The smallest absolute Gasteiger partial charge is 0.135 e. The number of rotatable bonds is 5. The van der Waals surface area contributed by atoms with Crippen LogP contribution in [0.4, 0.5) is 11.6 Å². The quantitative estimate of drug-likeness (QED) is 0.855. The standard InChI is InChI=1S/C14H24N4O/c1-10(2)14-17-12(15)9-13(18-14)16-7-6-11-5-3-4-8-19-11/h9-11H,3-8H2,1-2H3,(H3,15,16,17,18). The Hall–Kier alpha value is -1.36. The first kappa shape index (κ1) is 14.1. The zero-order chi connectivity index (χ0) is 13.7. The van der Waals surface area contributed by atoms with Gasteiger partial charge < -0.3 is 15.8 Å². The molecule has 106 valence electrons. The minimum Gasteiger partial charge on any atom is -0.384 e. The molecule has 1 aliphatic rings. The summed E-state index contributed by atoms with van der Waals surface area (Å²) >= 11 is 0. The van der Waals surface area contributed by atoms with Crippen LogP contribution in [0.15, 0.2) is 6.07 Å². The monoisotopic (exact) mass is 264 g/mol. The molecule has 1 atom stereocenters.